The summed E-state index contributed by atoms with van der Waals surface area (Å²) in [6.07, 6.45) is -4.78. The van der Waals surface area contributed by atoms with Crippen LogP contribution < -0.4 is 17.2 Å². The predicted octanol–water partition coefficient (Wildman–Crippen LogP) is 3.22. The Morgan fingerprint density at radius 1 is 0.952 bits per heavy atom. The minimum absolute atomic E-state index is 0.0102. The van der Waals surface area contributed by atoms with Crippen molar-refractivity contribution >= 4 is 40.7 Å². The second-order valence-corrected chi connectivity index (χ2v) is 4.86. The second kappa shape index (κ2) is 5.12. The molecule has 0 atom stereocenters. The summed E-state index contributed by atoms with van der Waals surface area (Å²) >= 11 is 11.6. The number of hydrogen-bond donors (Lipinski definition) is 3. The number of aromatic nitrogens is 2. The first-order chi connectivity index (χ1) is 9.61. The van der Waals surface area contributed by atoms with Crippen molar-refractivity contribution in [3.8, 4) is 11.1 Å². The Kier molecular flexibility index (Phi) is 3.77. The average Bonchev–Trinajstić information content (AvgIpc) is 2.33. The fraction of sp³-hybridized carbons (Fsp3) is 0.0909. The van der Waals surface area contributed by atoms with E-state index in [0.29, 0.717) is 0 Å². The van der Waals surface area contributed by atoms with Gasteiger partial charge in [-0.2, -0.15) is 18.2 Å². The maximum absolute atomic E-state index is 13.1. The van der Waals surface area contributed by atoms with E-state index in [-0.39, 0.29) is 21.3 Å². The molecule has 21 heavy (non-hydrogen) atoms. The van der Waals surface area contributed by atoms with Gasteiger partial charge in [-0.3, -0.25) is 0 Å². The number of hydrogen-bond acceptors (Lipinski definition) is 5. The molecule has 0 amide bonds. The Morgan fingerprint density at radius 3 is 1.95 bits per heavy atom. The molecular formula is C11H8Cl2F3N5. The van der Waals surface area contributed by atoms with Gasteiger partial charge in [-0.25, -0.2) is 4.98 Å². The molecule has 1 aromatic heterocycles. The van der Waals surface area contributed by atoms with Gasteiger partial charge >= 0.3 is 6.18 Å². The summed E-state index contributed by atoms with van der Waals surface area (Å²) in [5, 5.41) is -0.0244. The van der Waals surface area contributed by atoms with Crippen LogP contribution in [-0.2, 0) is 6.18 Å². The topological polar surface area (TPSA) is 104 Å². The van der Waals surface area contributed by atoms with E-state index in [4.69, 9.17) is 40.4 Å². The molecule has 0 aliphatic carbocycles. The van der Waals surface area contributed by atoms with Crippen molar-refractivity contribution in [1.82, 2.24) is 9.97 Å². The summed E-state index contributed by atoms with van der Waals surface area (Å²) in [5.74, 6) is -1.03. The lowest BCUT2D eigenvalue weighted by Gasteiger charge is -2.15. The third-order valence-electron chi connectivity index (χ3n) is 2.59. The second-order valence-electron chi connectivity index (χ2n) is 4.04. The molecule has 2 rings (SSSR count). The van der Waals surface area contributed by atoms with Gasteiger partial charge in [-0.05, 0) is 17.7 Å². The van der Waals surface area contributed by atoms with E-state index >= 15 is 0 Å². The van der Waals surface area contributed by atoms with Crippen LogP contribution in [-0.4, -0.2) is 9.97 Å². The minimum atomic E-state index is -4.78. The maximum atomic E-state index is 13.1. The van der Waals surface area contributed by atoms with E-state index in [2.05, 4.69) is 9.97 Å². The van der Waals surface area contributed by atoms with E-state index in [1.807, 2.05) is 0 Å². The molecular weight excluding hydrogens is 330 g/mol. The highest BCUT2D eigenvalue weighted by molar-refractivity contribution is 6.39. The summed E-state index contributed by atoms with van der Waals surface area (Å²) in [5.41, 5.74) is 14.6. The molecule has 0 fully saturated rings. The largest absolute Gasteiger partial charge is 0.434 e. The third kappa shape index (κ3) is 2.91. The highest BCUT2D eigenvalue weighted by Gasteiger charge is 2.38. The van der Waals surface area contributed by atoms with Crippen molar-refractivity contribution in [2.45, 2.75) is 6.18 Å². The molecule has 5 nitrogen and oxygen atoms in total. The fourth-order valence-corrected chi connectivity index (χ4v) is 2.20. The van der Waals surface area contributed by atoms with Crippen molar-refractivity contribution < 1.29 is 13.2 Å². The molecule has 0 radical (unpaired) electrons. The SMILES string of the molecule is Nc1nc(N)c(-c2cc(Cl)c(N)c(Cl)c2)c(C(F)(F)F)n1. The molecule has 1 heterocycles. The summed E-state index contributed by atoms with van der Waals surface area (Å²) < 4.78 is 39.2. The zero-order valence-corrected chi connectivity index (χ0v) is 11.7. The molecule has 0 unspecified atom stereocenters. The van der Waals surface area contributed by atoms with Crippen molar-refractivity contribution in [3.63, 3.8) is 0 Å². The number of benzene rings is 1. The Hall–Kier alpha value is -1.93. The van der Waals surface area contributed by atoms with Gasteiger partial charge in [0.05, 0.1) is 21.3 Å². The van der Waals surface area contributed by atoms with Crippen LogP contribution in [0.25, 0.3) is 11.1 Å². The van der Waals surface area contributed by atoms with Crippen LogP contribution in [0.4, 0.5) is 30.6 Å². The van der Waals surface area contributed by atoms with Crippen LogP contribution in [0.15, 0.2) is 12.1 Å². The summed E-state index contributed by atoms with van der Waals surface area (Å²) in [4.78, 5) is 6.74. The van der Waals surface area contributed by atoms with Crippen LogP contribution in [0.1, 0.15) is 5.69 Å². The number of anilines is 3. The summed E-state index contributed by atoms with van der Waals surface area (Å²) in [7, 11) is 0. The van der Waals surface area contributed by atoms with E-state index in [9.17, 15) is 13.2 Å². The van der Waals surface area contributed by atoms with Gasteiger partial charge in [-0.1, -0.05) is 23.2 Å². The lowest BCUT2D eigenvalue weighted by Crippen LogP contribution is -2.15. The molecule has 0 saturated carbocycles. The molecule has 0 saturated heterocycles. The maximum Gasteiger partial charge on any atom is 0.434 e. The molecule has 112 valence electrons. The first-order valence-electron chi connectivity index (χ1n) is 5.36. The van der Waals surface area contributed by atoms with Crippen LogP contribution in [0.3, 0.4) is 0 Å². The first-order valence-corrected chi connectivity index (χ1v) is 6.12. The van der Waals surface area contributed by atoms with Gasteiger partial charge in [0.1, 0.15) is 5.82 Å². The first kappa shape index (κ1) is 15.5. The van der Waals surface area contributed by atoms with Crippen LogP contribution in [0, 0.1) is 0 Å². The number of nitrogens with two attached hydrogens (primary N) is 3. The van der Waals surface area contributed by atoms with Gasteiger partial charge in [0.25, 0.3) is 0 Å². The Balaban J connectivity index is 2.80. The fourth-order valence-electron chi connectivity index (χ4n) is 1.71. The Labute approximate surface area is 126 Å². The molecule has 10 heteroatoms. The zero-order chi connectivity index (χ0) is 15.9. The van der Waals surface area contributed by atoms with E-state index in [1.165, 1.54) is 12.1 Å². The van der Waals surface area contributed by atoms with Crippen molar-refractivity contribution in [1.29, 1.82) is 0 Å². The van der Waals surface area contributed by atoms with Gasteiger partial charge in [0.2, 0.25) is 5.95 Å². The number of nitrogens with zero attached hydrogens (tertiary/aromatic N) is 2. The van der Waals surface area contributed by atoms with Crippen LogP contribution in [0.5, 0.6) is 0 Å². The Morgan fingerprint density at radius 2 is 1.48 bits per heavy atom. The lowest BCUT2D eigenvalue weighted by molar-refractivity contribution is -0.140. The predicted molar refractivity (Wildman–Crippen MR) is 75.7 cm³/mol. The zero-order valence-electron chi connectivity index (χ0n) is 10.2. The minimum Gasteiger partial charge on any atom is -0.396 e. The van der Waals surface area contributed by atoms with Crippen LogP contribution in [0.2, 0.25) is 10.0 Å². The number of rotatable bonds is 1. The van der Waals surface area contributed by atoms with E-state index < -0.39 is 29.2 Å². The number of halogens is 5. The van der Waals surface area contributed by atoms with Gasteiger partial charge < -0.3 is 17.2 Å². The van der Waals surface area contributed by atoms with E-state index in [0.717, 1.165) is 0 Å². The molecule has 2 aromatic rings. The quantitative estimate of drug-likeness (QED) is 0.693. The molecule has 0 spiro atoms. The average molecular weight is 338 g/mol. The van der Waals surface area contributed by atoms with Crippen LogP contribution >= 0.6 is 23.2 Å². The van der Waals surface area contributed by atoms with Crippen molar-refractivity contribution in [3.05, 3.63) is 27.9 Å². The molecule has 0 aliphatic rings. The monoisotopic (exact) mass is 337 g/mol. The molecule has 6 N–H and O–H groups in total. The van der Waals surface area contributed by atoms with Crippen molar-refractivity contribution in [2.24, 2.45) is 0 Å². The summed E-state index contributed by atoms with van der Waals surface area (Å²) in [6.45, 7) is 0. The molecule has 0 bridgehead atoms. The third-order valence-corrected chi connectivity index (χ3v) is 3.22. The highest BCUT2D eigenvalue weighted by Crippen LogP contribution is 2.41. The van der Waals surface area contributed by atoms with Gasteiger partial charge in [-0.15, -0.1) is 0 Å². The standard InChI is InChI=1S/C11H8Cl2F3N5/c12-4-1-3(2-5(13)7(4)17)6-8(11(14,15)16)20-10(19)21-9(6)18/h1-2H,17H2,(H4,18,19,20,21). The van der Waals surface area contributed by atoms with Crippen molar-refractivity contribution in [2.75, 3.05) is 17.2 Å². The highest BCUT2D eigenvalue weighted by atomic mass is 35.5. The summed E-state index contributed by atoms with van der Waals surface area (Å²) in [6, 6.07) is 2.40. The number of alkyl halides is 3. The lowest BCUT2D eigenvalue weighted by atomic mass is 10.0. The number of nitrogen functional groups attached to an aromatic ring is 3. The van der Waals surface area contributed by atoms with Gasteiger partial charge in [0.15, 0.2) is 5.69 Å². The van der Waals surface area contributed by atoms with E-state index in [1.54, 1.807) is 0 Å². The van der Waals surface area contributed by atoms with Gasteiger partial charge in [0, 0.05) is 0 Å². The normalized spacial score (nSPS) is 11.7. The Bertz CT molecular complexity index is 695. The molecule has 1 aromatic carbocycles. The smallest absolute Gasteiger partial charge is 0.396 e. The molecule has 0 aliphatic heterocycles.